The molecule has 0 aliphatic heterocycles. The quantitative estimate of drug-likeness (QED) is 0.614. The van der Waals surface area contributed by atoms with E-state index < -0.39 is 16.3 Å². The van der Waals surface area contributed by atoms with Gasteiger partial charge in [-0.25, -0.2) is 4.68 Å². The van der Waals surface area contributed by atoms with Gasteiger partial charge in [0.15, 0.2) is 5.69 Å². The van der Waals surface area contributed by atoms with Gasteiger partial charge in [-0.3, -0.25) is 19.7 Å². The van der Waals surface area contributed by atoms with E-state index in [9.17, 15) is 19.7 Å². The number of hydrogen-bond acceptors (Lipinski definition) is 6. The van der Waals surface area contributed by atoms with E-state index in [4.69, 9.17) is 5.73 Å². The highest BCUT2D eigenvalue weighted by atomic mass is 35.5. The first kappa shape index (κ1) is 21.3. The van der Waals surface area contributed by atoms with E-state index in [0.29, 0.717) is 5.69 Å². The zero-order chi connectivity index (χ0) is 18.7. The van der Waals surface area contributed by atoms with Crippen LogP contribution in [0.25, 0.3) is 5.69 Å². The highest BCUT2D eigenvalue weighted by Crippen LogP contribution is 2.22. The summed E-state index contributed by atoms with van der Waals surface area (Å²) >= 11 is 0. The first-order valence-electron chi connectivity index (χ1n) is 7.60. The predicted octanol–water partition coefficient (Wildman–Crippen LogP) is 1.29. The van der Waals surface area contributed by atoms with Crippen LogP contribution in [0.3, 0.4) is 0 Å². The minimum Gasteiger partial charge on any atom is -0.336 e. The number of halogens is 1. The van der Waals surface area contributed by atoms with Gasteiger partial charge in [0.25, 0.3) is 11.6 Å². The summed E-state index contributed by atoms with van der Waals surface area (Å²) in [5, 5.41) is 15.3. The topological polar surface area (TPSA) is 124 Å². The SMILES string of the molecule is Cc1cc(=O)c(C(=O)N(C)C(C)CN)nn1-c1ccccc1[N+](=O)[O-].Cl. The number of nitrogens with two attached hydrogens (primary N) is 1. The second kappa shape index (κ2) is 8.54. The molecule has 0 radical (unpaired) electrons. The molecule has 1 heterocycles. The van der Waals surface area contributed by atoms with E-state index in [-0.39, 0.29) is 42.1 Å². The van der Waals surface area contributed by atoms with E-state index in [1.54, 1.807) is 19.9 Å². The van der Waals surface area contributed by atoms with Crippen molar-refractivity contribution >= 4 is 24.0 Å². The Kier molecular flexibility index (Phi) is 6.99. The molecule has 2 N–H and O–H groups in total. The van der Waals surface area contributed by atoms with E-state index in [2.05, 4.69) is 5.10 Å². The Balaban J connectivity index is 0.00000338. The second-order valence-electron chi connectivity index (χ2n) is 5.66. The third-order valence-electron chi connectivity index (χ3n) is 3.94. The number of para-hydroxylation sites is 2. The number of likely N-dealkylation sites (N-methyl/N-ethyl adjacent to an activating group) is 1. The summed E-state index contributed by atoms with van der Waals surface area (Å²) in [6, 6.07) is 6.93. The van der Waals surface area contributed by atoms with E-state index in [0.717, 1.165) is 0 Å². The number of benzene rings is 1. The Morgan fingerprint density at radius 1 is 1.42 bits per heavy atom. The summed E-state index contributed by atoms with van der Waals surface area (Å²) in [7, 11) is 1.52. The lowest BCUT2D eigenvalue weighted by Gasteiger charge is -2.23. The Morgan fingerprint density at radius 3 is 2.62 bits per heavy atom. The maximum absolute atomic E-state index is 12.5. The summed E-state index contributed by atoms with van der Waals surface area (Å²) in [6.45, 7) is 3.56. The van der Waals surface area contributed by atoms with Gasteiger partial charge < -0.3 is 10.6 Å². The number of aromatic nitrogens is 2. The molecule has 140 valence electrons. The largest absolute Gasteiger partial charge is 0.336 e. The molecule has 2 aromatic rings. The average Bonchev–Trinajstić information content (AvgIpc) is 2.60. The van der Waals surface area contributed by atoms with Crippen molar-refractivity contribution in [2.45, 2.75) is 19.9 Å². The molecule has 2 rings (SSSR count). The van der Waals surface area contributed by atoms with Gasteiger partial charge in [0.2, 0.25) is 5.43 Å². The van der Waals surface area contributed by atoms with Crippen molar-refractivity contribution in [2.24, 2.45) is 5.73 Å². The molecular formula is C16H20ClN5O4. The maximum Gasteiger partial charge on any atom is 0.294 e. The fraction of sp³-hybridized carbons (Fsp3) is 0.312. The molecule has 1 amide bonds. The van der Waals surface area contributed by atoms with Gasteiger partial charge in [0, 0.05) is 37.5 Å². The number of amides is 1. The monoisotopic (exact) mass is 381 g/mol. The number of aryl methyl sites for hydroxylation is 1. The summed E-state index contributed by atoms with van der Waals surface area (Å²) in [5.74, 6) is -0.588. The molecule has 0 spiro atoms. The molecule has 0 aliphatic carbocycles. The van der Waals surface area contributed by atoms with Gasteiger partial charge in [-0.05, 0) is 19.9 Å². The Labute approximate surface area is 156 Å². The van der Waals surface area contributed by atoms with Crippen molar-refractivity contribution in [3.63, 3.8) is 0 Å². The van der Waals surface area contributed by atoms with E-state index >= 15 is 0 Å². The second-order valence-corrected chi connectivity index (χ2v) is 5.66. The molecule has 0 saturated carbocycles. The first-order chi connectivity index (χ1) is 11.8. The number of hydrogen-bond donors (Lipinski definition) is 1. The van der Waals surface area contributed by atoms with Crippen molar-refractivity contribution in [3.05, 3.63) is 62.1 Å². The maximum atomic E-state index is 12.5. The molecule has 1 unspecified atom stereocenters. The lowest BCUT2D eigenvalue weighted by atomic mass is 10.2. The summed E-state index contributed by atoms with van der Waals surface area (Å²) in [4.78, 5) is 36.8. The fourth-order valence-electron chi connectivity index (χ4n) is 2.26. The molecule has 1 aromatic carbocycles. The van der Waals surface area contributed by atoms with Crippen molar-refractivity contribution in [3.8, 4) is 5.69 Å². The number of carbonyl (C=O) groups is 1. The fourth-order valence-corrected chi connectivity index (χ4v) is 2.26. The number of nitrogens with zero attached hydrogens (tertiary/aromatic N) is 4. The highest BCUT2D eigenvalue weighted by molar-refractivity contribution is 5.92. The molecule has 10 heteroatoms. The Bertz CT molecular complexity index is 883. The third kappa shape index (κ3) is 4.06. The van der Waals surface area contributed by atoms with Gasteiger partial charge in [0.05, 0.1) is 4.92 Å². The summed E-state index contributed by atoms with van der Waals surface area (Å²) < 4.78 is 1.23. The van der Waals surface area contributed by atoms with Crippen molar-refractivity contribution in [1.82, 2.24) is 14.7 Å². The number of nitro benzene ring substituents is 1. The number of rotatable bonds is 5. The van der Waals surface area contributed by atoms with Crippen LogP contribution < -0.4 is 11.2 Å². The zero-order valence-electron chi connectivity index (χ0n) is 14.6. The van der Waals surface area contributed by atoms with E-state index in [1.807, 2.05) is 0 Å². The van der Waals surface area contributed by atoms with Crippen molar-refractivity contribution in [2.75, 3.05) is 13.6 Å². The third-order valence-corrected chi connectivity index (χ3v) is 3.94. The van der Waals surface area contributed by atoms with Crippen LogP contribution >= 0.6 is 12.4 Å². The lowest BCUT2D eigenvalue weighted by Crippen LogP contribution is -2.42. The minimum absolute atomic E-state index is 0. The van der Waals surface area contributed by atoms with Crippen LogP contribution in [0.1, 0.15) is 23.1 Å². The van der Waals surface area contributed by atoms with Crippen LogP contribution in [0.4, 0.5) is 5.69 Å². The summed E-state index contributed by atoms with van der Waals surface area (Å²) in [5.41, 5.74) is 5.07. The summed E-state index contributed by atoms with van der Waals surface area (Å²) in [6.07, 6.45) is 0. The Morgan fingerprint density at radius 2 is 2.04 bits per heavy atom. The molecule has 0 bridgehead atoms. The smallest absolute Gasteiger partial charge is 0.294 e. The standard InChI is InChI=1S/C16H19N5O4.ClH/c1-10-8-14(22)15(16(23)19(3)11(2)9-17)18-20(10)12-6-4-5-7-13(12)21(24)25;/h4-8,11H,9,17H2,1-3H3;1H. The van der Waals surface area contributed by atoms with Crippen LogP contribution in [0, 0.1) is 17.0 Å². The van der Waals surface area contributed by atoms with Gasteiger partial charge in [0.1, 0.15) is 5.69 Å². The van der Waals surface area contributed by atoms with Crippen molar-refractivity contribution in [1.29, 1.82) is 0 Å². The molecule has 1 atom stereocenters. The van der Waals surface area contributed by atoms with Crippen LogP contribution in [0.15, 0.2) is 35.1 Å². The number of nitro groups is 1. The first-order valence-corrected chi connectivity index (χ1v) is 7.60. The predicted molar refractivity (Wildman–Crippen MR) is 99.1 cm³/mol. The normalized spacial score (nSPS) is 11.4. The Hall–Kier alpha value is -2.78. The molecule has 26 heavy (non-hydrogen) atoms. The average molecular weight is 382 g/mol. The van der Waals surface area contributed by atoms with Gasteiger partial charge in [-0.2, -0.15) is 5.10 Å². The number of carbonyl (C=O) groups excluding carboxylic acids is 1. The van der Waals surface area contributed by atoms with Crippen LogP contribution in [0.5, 0.6) is 0 Å². The highest BCUT2D eigenvalue weighted by Gasteiger charge is 2.23. The zero-order valence-corrected chi connectivity index (χ0v) is 15.4. The molecular weight excluding hydrogens is 362 g/mol. The van der Waals surface area contributed by atoms with Gasteiger partial charge >= 0.3 is 0 Å². The van der Waals surface area contributed by atoms with Crippen LogP contribution in [-0.2, 0) is 0 Å². The van der Waals surface area contributed by atoms with Crippen LogP contribution in [-0.4, -0.2) is 45.1 Å². The molecule has 0 aliphatic rings. The van der Waals surface area contributed by atoms with Crippen LogP contribution in [0.2, 0.25) is 0 Å². The minimum atomic E-state index is -0.588. The molecule has 0 fully saturated rings. The van der Waals surface area contributed by atoms with Gasteiger partial charge in [-0.1, -0.05) is 12.1 Å². The molecule has 0 saturated heterocycles. The molecule has 1 aromatic heterocycles. The van der Waals surface area contributed by atoms with Gasteiger partial charge in [-0.15, -0.1) is 12.4 Å². The van der Waals surface area contributed by atoms with Crippen molar-refractivity contribution < 1.29 is 9.72 Å². The molecule has 9 nitrogen and oxygen atoms in total. The lowest BCUT2D eigenvalue weighted by molar-refractivity contribution is -0.384. The van der Waals surface area contributed by atoms with E-state index in [1.165, 1.54) is 40.9 Å².